The summed E-state index contributed by atoms with van der Waals surface area (Å²) >= 11 is 0. The van der Waals surface area contributed by atoms with Gasteiger partial charge in [-0.3, -0.25) is 0 Å². The second-order valence-corrected chi connectivity index (χ2v) is 5.01. The quantitative estimate of drug-likeness (QED) is 0.658. The highest BCUT2D eigenvalue weighted by Crippen LogP contribution is 2.27. The first-order chi connectivity index (χ1) is 7.04. The van der Waals surface area contributed by atoms with E-state index in [1.54, 1.807) is 0 Å². The Morgan fingerprint density at radius 2 is 1.80 bits per heavy atom. The Bertz CT molecular complexity index is 312. The van der Waals surface area contributed by atoms with Crippen molar-refractivity contribution in [2.45, 2.75) is 53.4 Å². The van der Waals surface area contributed by atoms with Crippen molar-refractivity contribution in [1.82, 2.24) is 0 Å². The number of aryl methyl sites for hydroxylation is 2. The van der Waals surface area contributed by atoms with Crippen LogP contribution in [-0.4, -0.2) is 0 Å². The molecule has 0 unspecified atom stereocenters. The second-order valence-electron chi connectivity index (χ2n) is 5.01. The van der Waals surface area contributed by atoms with Crippen molar-refractivity contribution in [3.05, 3.63) is 34.9 Å². The Labute approximate surface area is 94.7 Å². The normalized spacial score (nSPS) is 15.0. The molecule has 1 aromatic rings. The van der Waals surface area contributed by atoms with Gasteiger partial charge in [-0.15, -0.1) is 0 Å². The van der Waals surface area contributed by atoms with E-state index >= 15 is 0 Å². The maximum atomic E-state index is 2.36. The predicted molar refractivity (Wildman–Crippen MR) is 68.4 cm³/mol. The van der Waals surface area contributed by atoms with Gasteiger partial charge in [0.15, 0.2) is 0 Å². The van der Waals surface area contributed by atoms with E-state index < -0.39 is 0 Å². The lowest BCUT2D eigenvalue weighted by Crippen LogP contribution is -2.03. The molecule has 0 spiro atoms. The van der Waals surface area contributed by atoms with Crippen LogP contribution < -0.4 is 0 Å². The zero-order chi connectivity index (χ0) is 11.4. The molecule has 0 saturated carbocycles. The van der Waals surface area contributed by atoms with Gasteiger partial charge in [-0.25, -0.2) is 0 Å². The minimum absolute atomic E-state index is 0.694. The summed E-state index contributed by atoms with van der Waals surface area (Å²) in [5.41, 5.74) is 4.36. The third-order valence-electron chi connectivity index (χ3n) is 3.42. The lowest BCUT2D eigenvalue weighted by molar-refractivity contribution is 0.470. The zero-order valence-electron chi connectivity index (χ0n) is 10.8. The molecule has 0 bridgehead atoms. The molecular formula is C15H24. The Balaban J connectivity index is 2.80. The van der Waals surface area contributed by atoms with Crippen LogP contribution in [-0.2, 0) is 0 Å². The molecule has 0 aliphatic rings. The molecule has 0 nitrogen and oxygen atoms in total. The number of benzene rings is 1. The fourth-order valence-corrected chi connectivity index (χ4v) is 2.19. The van der Waals surface area contributed by atoms with Gasteiger partial charge >= 0.3 is 0 Å². The summed E-state index contributed by atoms with van der Waals surface area (Å²) < 4.78 is 0. The molecule has 0 aliphatic heterocycles. The highest BCUT2D eigenvalue weighted by Gasteiger charge is 2.11. The molecule has 1 aromatic carbocycles. The molecular weight excluding hydrogens is 180 g/mol. The van der Waals surface area contributed by atoms with Gasteiger partial charge in [0.2, 0.25) is 0 Å². The Kier molecular flexibility index (Phi) is 4.38. The number of hydrogen-bond donors (Lipinski definition) is 0. The van der Waals surface area contributed by atoms with Crippen molar-refractivity contribution in [2.24, 2.45) is 5.92 Å². The van der Waals surface area contributed by atoms with Crippen LogP contribution in [0.1, 0.15) is 56.2 Å². The monoisotopic (exact) mass is 204 g/mol. The SMILES string of the molecule is CC[C@@H](C)C[C@H](C)c1cc(C)ccc1C. The summed E-state index contributed by atoms with van der Waals surface area (Å²) in [5, 5.41) is 0. The topological polar surface area (TPSA) is 0 Å². The Hall–Kier alpha value is -0.780. The van der Waals surface area contributed by atoms with Crippen molar-refractivity contribution in [1.29, 1.82) is 0 Å². The van der Waals surface area contributed by atoms with Crippen LogP contribution in [0.5, 0.6) is 0 Å². The van der Waals surface area contributed by atoms with Crippen molar-refractivity contribution in [3.8, 4) is 0 Å². The Morgan fingerprint density at radius 3 is 2.40 bits per heavy atom. The standard InChI is InChI=1S/C15H24/c1-6-11(2)9-14(5)15-10-12(3)7-8-13(15)4/h7-8,10-11,14H,6,9H2,1-5H3/t11-,14+/m1/s1. The molecule has 0 heterocycles. The number of hydrogen-bond acceptors (Lipinski definition) is 0. The lowest BCUT2D eigenvalue weighted by atomic mass is 9.87. The summed E-state index contributed by atoms with van der Waals surface area (Å²) in [6.45, 7) is 11.4. The smallest absolute Gasteiger partial charge is 0.0185 e. The molecule has 0 aliphatic carbocycles. The molecule has 0 N–H and O–H groups in total. The van der Waals surface area contributed by atoms with Crippen LogP contribution in [0.25, 0.3) is 0 Å². The van der Waals surface area contributed by atoms with Crippen LogP contribution in [0, 0.1) is 19.8 Å². The fourth-order valence-electron chi connectivity index (χ4n) is 2.19. The van der Waals surface area contributed by atoms with E-state index in [1.807, 2.05) is 0 Å². The van der Waals surface area contributed by atoms with Crippen LogP contribution in [0.3, 0.4) is 0 Å². The molecule has 0 saturated heterocycles. The molecule has 0 radical (unpaired) electrons. The van der Waals surface area contributed by atoms with Gasteiger partial charge in [-0.2, -0.15) is 0 Å². The van der Waals surface area contributed by atoms with Gasteiger partial charge in [0.25, 0.3) is 0 Å². The van der Waals surface area contributed by atoms with Crippen molar-refractivity contribution in [3.63, 3.8) is 0 Å². The van der Waals surface area contributed by atoms with E-state index in [-0.39, 0.29) is 0 Å². The minimum Gasteiger partial charge on any atom is -0.0651 e. The largest absolute Gasteiger partial charge is 0.0651 e. The van der Waals surface area contributed by atoms with E-state index in [1.165, 1.54) is 29.5 Å². The first-order valence-corrected chi connectivity index (χ1v) is 6.11. The average Bonchev–Trinajstić information content (AvgIpc) is 2.21. The van der Waals surface area contributed by atoms with E-state index in [9.17, 15) is 0 Å². The van der Waals surface area contributed by atoms with Crippen LogP contribution >= 0.6 is 0 Å². The molecule has 15 heavy (non-hydrogen) atoms. The average molecular weight is 204 g/mol. The summed E-state index contributed by atoms with van der Waals surface area (Å²) in [6, 6.07) is 6.80. The van der Waals surface area contributed by atoms with Crippen molar-refractivity contribution in [2.75, 3.05) is 0 Å². The third-order valence-corrected chi connectivity index (χ3v) is 3.42. The molecule has 0 heteroatoms. The van der Waals surface area contributed by atoms with Gasteiger partial charge in [0.05, 0.1) is 0 Å². The van der Waals surface area contributed by atoms with E-state index in [0.29, 0.717) is 5.92 Å². The first-order valence-electron chi connectivity index (χ1n) is 6.11. The second kappa shape index (κ2) is 5.34. The number of rotatable bonds is 4. The Morgan fingerprint density at radius 1 is 1.13 bits per heavy atom. The minimum atomic E-state index is 0.694. The van der Waals surface area contributed by atoms with Gasteiger partial charge in [0.1, 0.15) is 0 Å². The van der Waals surface area contributed by atoms with Crippen LogP contribution in [0.2, 0.25) is 0 Å². The fraction of sp³-hybridized carbons (Fsp3) is 0.600. The van der Waals surface area contributed by atoms with Gasteiger partial charge in [-0.1, -0.05) is 51.0 Å². The third kappa shape index (κ3) is 3.37. The molecule has 0 amide bonds. The van der Waals surface area contributed by atoms with Gasteiger partial charge < -0.3 is 0 Å². The summed E-state index contributed by atoms with van der Waals surface area (Å²) in [5.74, 6) is 1.53. The first kappa shape index (κ1) is 12.3. The molecule has 2 atom stereocenters. The van der Waals surface area contributed by atoms with Crippen LogP contribution in [0.15, 0.2) is 18.2 Å². The highest BCUT2D eigenvalue weighted by atomic mass is 14.2. The predicted octanol–water partition coefficient (Wildman–Crippen LogP) is 4.84. The zero-order valence-corrected chi connectivity index (χ0v) is 10.8. The highest BCUT2D eigenvalue weighted by molar-refractivity contribution is 5.32. The van der Waals surface area contributed by atoms with E-state index in [0.717, 1.165) is 5.92 Å². The van der Waals surface area contributed by atoms with Crippen molar-refractivity contribution >= 4 is 0 Å². The van der Waals surface area contributed by atoms with Gasteiger partial charge in [-0.05, 0) is 43.2 Å². The maximum absolute atomic E-state index is 2.36. The lowest BCUT2D eigenvalue weighted by Gasteiger charge is -2.18. The molecule has 0 fully saturated rings. The summed E-state index contributed by atoms with van der Waals surface area (Å²) in [6.07, 6.45) is 2.59. The van der Waals surface area contributed by atoms with Gasteiger partial charge in [0, 0.05) is 0 Å². The summed E-state index contributed by atoms with van der Waals surface area (Å²) in [7, 11) is 0. The molecule has 0 aromatic heterocycles. The van der Waals surface area contributed by atoms with Crippen molar-refractivity contribution < 1.29 is 0 Å². The summed E-state index contributed by atoms with van der Waals surface area (Å²) in [4.78, 5) is 0. The molecule has 1 rings (SSSR count). The van der Waals surface area contributed by atoms with E-state index in [4.69, 9.17) is 0 Å². The molecule has 84 valence electrons. The van der Waals surface area contributed by atoms with Crippen LogP contribution in [0.4, 0.5) is 0 Å². The maximum Gasteiger partial charge on any atom is -0.0185 e. The van der Waals surface area contributed by atoms with E-state index in [2.05, 4.69) is 52.8 Å².